The number of rotatable bonds is 3. The van der Waals surface area contributed by atoms with Gasteiger partial charge in [-0.3, -0.25) is 0 Å². The molecule has 2 N–H and O–H groups in total. The molecule has 1 aromatic heterocycles. The van der Waals surface area contributed by atoms with E-state index in [0.29, 0.717) is 12.1 Å². The van der Waals surface area contributed by atoms with Crippen molar-refractivity contribution in [3.8, 4) is 0 Å². The van der Waals surface area contributed by atoms with Gasteiger partial charge in [0, 0.05) is 30.9 Å². The summed E-state index contributed by atoms with van der Waals surface area (Å²) in [6.07, 6.45) is 3.44. The van der Waals surface area contributed by atoms with Crippen molar-refractivity contribution in [2.45, 2.75) is 32.0 Å². The van der Waals surface area contributed by atoms with E-state index in [1.54, 1.807) is 0 Å². The summed E-state index contributed by atoms with van der Waals surface area (Å²) in [5, 5.41) is 4.86. The van der Waals surface area contributed by atoms with Crippen molar-refractivity contribution in [2.24, 2.45) is 0 Å². The van der Waals surface area contributed by atoms with E-state index in [4.69, 9.17) is 4.74 Å². The van der Waals surface area contributed by atoms with E-state index in [0.717, 1.165) is 19.6 Å². The van der Waals surface area contributed by atoms with Crippen LogP contribution in [-0.4, -0.2) is 23.7 Å². The maximum atomic E-state index is 5.56. The Kier molecular flexibility index (Phi) is 2.87. The molecule has 1 aliphatic rings. The first-order chi connectivity index (χ1) is 8.34. The van der Waals surface area contributed by atoms with Gasteiger partial charge in [-0.25, -0.2) is 0 Å². The third-order valence-corrected chi connectivity index (χ3v) is 3.60. The van der Waals surface area contributed by atoms with Crippen molar-refractivity contribution >= 4 is 10.9 Å². The Morgan fingerprint density at radius 3 is 3.18 bits per heavy atom. The zero-order valence-electron chi connectivity index (χ0n) is 10.1. The first-order valence-electron chi connectivity index (χ1n) is 6.24. The van der Waals surface area contributed by atoms with Crippen LogP contribution in [0.5, 0.6) is 0 Å². The van der Waals surface area contributed by atoms with Gasteiger partial charge in [-0.15, -0.1) is 0 Å². The Labute approximate surface area is 101 Å². The van der Waals surface area contributed by atoms with Crippen LogP contribution in [0, 0.1) is 0 Å². The maximum Gasteiger partial charge on any atom is 0.0700 e. The van der Waals surface area contributed by atoms with Crippen LogP contribution in [0.3, 0.4) is 0 Å². The van der Waals surface area contributed by atoms with E-state index >= 15 is 0 Å². The number of aromatic nitrogens is 1. The van der Waals surface area contributed by atoms with E-state index in [2.05, 4.69) is 41.5 Å². The number of para-hydroxylation sites is 1. The third-order valence-electron chi connectivity index (χ3n) is 3.60. The molecule has 17 heavy (non-hydrogen) atoms. The van der Waals surface area contributed by atoms with Crippen LogP contribution in [0.2, 0.25) is 0 Å². The standard InChI is InChI=1S/C14H18N2O/c1-10-13(6-8-17-10)16-9-12-4-2-3-11-5-7-15-14(11)12/h2-5,7,10,13,15-16H,6,8-9H2,1H3. The SMILES string of the molecule is CC1OCCC1NCc1cccc2cc[nH]c12. The summed E-state index contributed by atoms with van der Waals surface area (Å²) >= 11 is 0. The second kappa shape index (κ2) is 4.51. The number of benzene rings is 1. The second-order valence-electron chi connectivity index (χ2n) is 4.71. The fourth-order valence-corrected chi connectivity index (χ4v) is 2.54. The van der Waals surface area contributed by atoms with Gasteiger partial charge in [-0.2, -0.15) is 0 Å². The van der Waals surface area contributed by atoms with Crippen LogP contribution in [0.15, 0.2) is 30.5 Å². The van der Waals surface area contributed by atoms with Gasteiger partial charge in [0.1, 0.15) is 0 Å². The predicted molar refractivity (Wildman–Crippen MR) is 69.0 cm³/mol. The summed E-state index contributed by atoms with van der Waals surface area (Å²) in [6, 6.07) is 9.02. The Morgan fingerprint density at radius 1 is 1.41 bits per heavy atom. The normalized spacial score (nSPS) is 24.5. The fraction of sp³-hybridized carbons (Fsp3) is 0.429. The number of aromatic amines is 1. The Balaban J connectivity index is 1.74. The maximum absolute atomic E-state index is 5.56. The first kappa shape index (κ1) is 10.8. The van der Waals surface area contributed by atoms with E-state index < -0.39 is 0 Å². The summed E-state index contributed by atoms with van der Waals surface area (Å²) in [7, 11) is 0. The second-order valence-corrected chi connectivity index (χ2v) is 4.71. The molecule has 2 unspecified atom stereocenters. The molecule has 0 spiro atoms. The number of nitrogens with one attached hydrogen (secondary N) is 2. The van der Waals surface area contributed by atoms with Gasteiger partial charge in [0.15, 0.2) is 0 Å². The quantitative estimate of drug-likeness (QED) is 0.849. The smallest absolute Gasteiger partial charge is 0.0700 e. The average molecular weight is 230 g/mol. The van der Waals surface area contributed by atoms with E-state index in [9.17, 15) is 0 Å². The number of ether oxygens (including phenoxy) is 1. The van der Waals surface area contributed by atoms with Gasteiger partial charge in [-0.05, 0) is 30.4 Å². The molecule has 0 amide bonds. The van der Waals surface area contributed by atoms with Gasteiger partial charge in [0.25, 0.3) is 0 Å². The molecular weight excluding hydrogens is 212 g/mol. The minimum absolute atomic E-state index is 0.331. The lowest BCUT2D eigenvalue weighted by molar-refractivity contribution is 0.113. The largest absolute Gasteiger partial charge is 0.377 e. The molecule has 0 aliphatic carbocycles. The molecule has 2 atom stereocenters. The summed E-state index contributed by atoms with van der Waals surface area (Å²) in [5.74, 6) is 0. The van der Waals surface area contributed by atoms with E-state index in [1.165, 1.54) is 16.5 Å². The van der Waals surface area contributed by atoms with Gasteiger partial charge in [-0.1, -0.05) is 18.2 Å². The average Bonchev–Trinajstić information content (AvgIpc) is 2.95. The van der Waals surface area contributed by atoms with Crippen LogP contribution >= 0.6 is 0 Å². The number of H-pyrrole nitrogens is 1. The topological polar surface area (TPSA) is 37.0 Å². The molecule has 1 fully saturated rings. The highest BCUT2D eigenvalue weighted by atomic mass is 16.5. The van der Waals surface area contributed by atoms with Gasteiger partial charge < -0.3 is 15.0 Å². The van der Waals surface area contributed by atoms with Crippen LogP contribution in [-0.2, 0) is 11.3 Å². The van der Waals surface area contributed by atoms with Crippen LogP contribution in [0.4, 0.5) is 0 Å². The molecule has 90 valence electrons. The lowest BCUT2D eigenvalue weighted by Crippen LogP contribution is -2.34. The highest BCUT2D eigenvalue weighted by molar-refractivity contribution is 5.82. The van der Waals surface area contributed by atoms with Crippen LogP contribution in [0.1, 0.15) is 18.9 Å². The molecule has 0 saturated carbocycles. The lowest BCUT2D eigenvalue weighted by atomic mass is 10.1. The Morgan fingerprint density at radius 2 is 2.35 bits per heavy atom. The minimum atomic E-state index is 0.331. The minimum Gasteiger partial charge on any atom is -0.377 e. The summed E-state index contributed by atoms with van der Waals surface area (Å²) in [5.41, 5.74) is 2.57. The molecule has 3 heteroatoms. The number of hydrogen-bond donors (Lipinski definition) is 2. The van der Waals surface area contributed by atoms with E-state index in [-0.39, 0.29) is 0 Å². The van der Waals surface area contributed by atoms with Crippen molar-refractivity contribution in [3.05, 3.63) is 36.0 Å². The fourth-order valence-electron chi connectivity index (χ4n) is 2.54. The lowest BCUT2D eigenvalue weighted by Gasteiger charge is -2.16. The Bertz CT molecular complexity index is 506. The molecule has 3 rings (SSSR count). The first-order valence-corrected chi connectivity index (χ1v) is 6.24. The zero-order chi connectivity index (χ0) is 11.7. The van der Waals surface area contributed by atoms with Gasteiger partial charge in [0.05, 0.1) is 6.10 Å². The molecule has 0 bridgehead atoms. The van der Waals surface area contributed by atoms with Crippen LogP contribution < -0.4 is 5.32 Å². The molecular formula is C14H18N2O. The highest BCUT2D eigenvalue weighted by Crippen LogP contribution is 2.18. The molecule has 2 aromatic rings. The Hall–Kier alpha value is -1.32. The van der Waals surface area contributed by atoms with Crippen molar-refractivity contribution < 1.29 is 4.74 Å². The summed E-state index contributed by atoms with van der Waals surface area (Å²) < 4.78 is 5.56. The molecule has 1 saturated heterocycles. The third kappa shape index (κ3) is 2.08. The van der Waals surface area contributed by atoms with Crippen molar-refractivity contribution in [3.63, 3.8) is 0 Å². The molecule has 2 heterocycles. The molecule has 1 aromatic carbocycles. The van der Waals surface area contributed by atoms with Gasteiger partial charge >= 0.3 is 0 Å². The highest BCUT2D eigenvalue weighted by Gasteiger charge is 2.23. The van der Waals surface area contributed by atoms with Crippen LogP contribution in [0.25, 0.3) is 10.9 Å². The van der Waals surface area contributed by atoms with Gasteiger partial charge in [0.2, 0.25) is 0 Å². The summed E-state index contributed by atoms with van der Waals surface area (Å²) in [4.78, 5) is 3.30. The summed E-state index contributed by atoms with van der Waals surface area (Å²) in [6.45, 7) is 3.92. The molecule has 0 radical (unpaired) electrons. The van der Waals surface area contributed by atoms with E-state index in [1.807, 2.05) is 6.20 Å². The van der Waals surface area contributed by atoms with Crippen molar-refractivity contribution in [1.29, 1.82) is 0 Å². The van der Waals surface area contributed by atoms with Crippen molar-refractivity contribution in [2.75, 3.05) is 6.61 Å². The number of fused-ring (bicyclic) bond motifs is 1. The monoisotopic (exact) mass is 230 g/mol. The molecule has 1 aliphatic heterocycles. The molecule has 3 nitrogen and oxygen atoms in total. The predicted octanol–water partition coefficient (Wildman–Crippen LogP) is 2.43. The van der Waals surface area contributed by atoms with Crippen molar-refractivity contribution in [1.82, 2.24) is 10.3 Å². The number of hydrogen-bond acceptors (Lipinski definition) is 2. The zero-order valence-corrected chi connectivity index (χ0v) is 10.1.